The zero-order valence-electron chi connectivity index (χ0n) is 15.4. The molecule has 0 bridgehead atoms. The number of fused-ring (bicyclic) bond motifs is 1. The van der Waals surface area contributed by atoms with Crippen LogP contribution < -0.4 is 0 Å². The van der Waals surface area contributed by atoms with Gasteiger partial charge in [0.05, 0.1) is 18.4 Å². The summed E-state index contributed by atoms with van der Waals surface area (Å²) in [5, 5.41) is 1.58. The first-order valence-electron chi connectivity index (χ1n) is 9.01. The van der Waals surface area contributed by atoms with Crippen LogP contribution in [-0.4, -0.2) is 23.8 Å². The molecule has 4 nitrogen and oxygen atoms in total. The molecule has 1 atom stereocenters. The van der Waals surface area contributed by atoms with Crippen molar-refractivity contribution in [3.8, 4) is 0 Å². The van der Waals surface area contributed by atoms with Gasteiger partial charge in [0.25, 0.3) is 0 Å². The Hall–Kier alpha value is -2.59. The predicted molar refractivity (Wildman–Crippen MR) is 108 cm³/mol. The summed E-state index contributed by atoms with van der Waals surface area (Å²) in [6.45, 7) is 2.08. The highest BCUT2D eigenvalue weighted by atomic mass is 35.5. The molecule has 5 heteroatoms. The van der Waals surface area contributed by atoms with Crippen LogP contribution >= 0.6 is 11.6 Å². The highest BCUT2D eigenvalue weighted by Gasteiger charge is 2.22. The van der Waals surface area contributed by atoms with Crippen molar-refractivity contribution < 1.29 is 14.3 Å². The first-order valence-corrected chi connectivity index (χ1v) is 9.39. The molecular weight excluding hydrogens is 362 g/mol. The van der Waals surface area contributed by atoms with Gasteiger partial charge >= 0.3 is 5.97 Å². The Bertz CT molecular complexity index is 959. The van der Waals surface area contributed by atoms with Crippen LogP contribution in [0.5, 0.6) is 0 Å². The van der Waals surface area contributed by atoms with Crippen molar-refractivity contribution in [1.82, 2.24) is 4.98 Å². The molecule has 3 rings (SSSR count). The number of rotatable bonds is 7. The number of carbonyl (C=O) groups is 2. The quantitative estimate of drug-likeness (QED) is 0.436. The summed E-state index contributed by atoms with van der Waals surface area (Å²) in [5.74, 6) is -0.386. The van der Waals surface area contributed by atoms with E-state index in [1.165, 1.54) is 7.11 Å². The molecule has 0 saturated carbocycles. The Labute approximate surface area is 163 Å². The maximum absolute atomic E-state index is 13.1. The predicted octanol–water partition coefficient (Wildman–Crippen LogP) is 5.45. The van der Waals surface area contributed by atoms with Gasteiger partial charge in [0.2, 0.25) is 0 Å². The standard InChI is InChI=1S/C22H22ClNO3/c1-3-4-16(11-14-5-7-15(8-6-14)22(26)27-2)21(25)20-13-17-12-18(23)9-10-19(17)24-20/h5-10,12-13,16,24H,3-4,11H2,1-2H3. The van der Waals surface area contributed by atoms with Crippen molar-refractivity contribution in [1.29, 1.82) is 0 Å². The lowest BCUT2D eigenvalue weighted by molar-refractivity contribution is 0.0600. The third-order valence-corrected chi connectivity index (χ3v) is 4.95. The van der Waals surface area contributed by atoms with E-state index < -0.39 is 0 Å². The molecule has 27 heavy (non-hydrogen) atoms. The van der Waals surface area contributed by atoms with E-state index in [0.717, 1.165) is 29.3 Å². The summed E-state index contributed by atoms with van der Waals surface area (Å²) in [5.41, 5.74) is 3.04. The van der Waals surface area contributed by atoms with E-state index in [-0.39, 0.29) is 17.7 Å². The molecule has 2 aromatic carbocycles. The Kier molecular flexibility index (Phi) is 5.97. The Morgan fingerprint density at radius 1 is 1.11 bits per heavy atom. The minimum Gasteiger partial charge on any atom is -0.465 e. The number of methoxy groups -OCH3 is 1. The molecule has 1 heterocycles. The van der Waals surface area contributed by atoms with Crippen LogP contribution in [0.2, 0.25) is 5.02 Å². The van der Waals surface area contributed by atoms with E-state index in [1.807, 2.05) is 30.3 Å². The van der Waals surface area contributed by atoms with Crippen molar-refractivity contribution in [2.75, 3.05) is 7.11 Å². The first-order chi connectivity index (χ1) is 13.0. The summed E-state index contributed by atoms with van der Waals surface area (Å²) in [7, 11) is 1.36. The fraction of sp³-hybridized carbons (Fsp3) is 0.273. The summed E-state index contributed by atoms with van der Waals surface area (Å²) in [4.78, 5) is 27.8. The number of aromatic amines is 1. The van der Waals surface area contributed by atoms with E-state index in [9.17, 15) is 9.59 Å². The number of aromatic nitrogens is 1. The molecule has 1 unspecified atom stereocenters. The van der Waals surface area contributed by atoms with Crippen molar-refractivity contribution >= 4 is 34.3 Å². The van der Waals surface area contributed by atoms with Gasteiger partial charge in [-0.2, -0.15) is 0 Å². The van der Waals surface area contributed by atoms with Gasteiger partial charge in [0, 0.05) is 21.8 Å². The van der Waals surface area contributed by atoms with E-state index in [4.69, 9.17) is 16.3 Å². The van der Waals surface area contributed by atoms with Crippen molar-refractivity contribution in [3.63, 3.8) is 0 Å². The molecule has 0 aliphatic rings. The van der Waals surface area contributed by atoms with E-state index >= 15 is 0 Å². The molecule has 1 aromatic heterocycles. The van der Waals surface area contributed by atoms with Crippen molar-refractivity contribution in [3.05, 3.63) is 70.4 Å². The van der Waals surface area contributed by atoms with Crippen LogP contribution in [-0.2, 0) is 11.2 Å². The molecule has 0 aliphatic heterocycles. The van der Waals surface area contributed by atoms with Gasteiger partial charge in [-0.1, -0.05) is 37.1 Å². The number of hydrogen-bond acceptors (Lipinski definition) is 3. The van der Waals surface area contributed by atoms with Gasteiger partial charge in [-0.25, -0.2) is 4.79 Å². The second kappa shape index (κ2) is 8.40. The van der Waals surface area contributed by atoms with E-state index in [2.05, 4.69) is 11.9 Å². The number of esters is 1. The second-order valence-corrected chi connectivity index (χ2v) is 7.09. The maximum Gasteiger partial charge on any atom is 0.337 e. The number of nitrogens with one attached hydrogen (secondary N) is 1. The molecule has 0 saturated heterocycles. The van der Waals surface area contributed by atoms with Crippen LogP contribution in [0, 0.1) is 5.92 Å². The number of H-pyrrole nitrogens is 1. The van der Waals surface area contributed by atoms with Gasteiger partial charge in [-0.3, -0.25) is 4.79 Å². The highest BCUT2D eigenvalue weighted by Crippen LogP contribution is 2.24. The van der Waals surface area contributed by atoms with Crippen molar-refractivity contribution in [2.45, 2.75) is 26.2 Å². The van der Waals surface area contributed by atoms with Crippen LogP contribution in [0.1, 0.15) is 46.2 Å². The van der Waals surface area contributed by atoms with Crippen LogP contribution in [0.25, 0.3) is 10.9 Å². The van der Waals surface area contributed by atoms with Gasteiger partial charge < -0.3 is 9.72 Å². The minimum atomic E-state index is -0.362. The highest BCUT2D eigenvalue weighted by molar-refractivity contribution is 6.31. The van der Waals surface area contributed by atoms with Gasteiger partial charge in [0.15, 0.2) is 5.78 Å². The number of ketones is 1. The number of carbonyl (C=O) groups excluding carboxylic acids is 2. The van der Waals surface area contributed by atoms with Crippen molar-refractivity contribution in [2.24, 2.45) is 5.92 Å². The fourth-order valence-electron chi connectivity index (χ4n) is 3.31. The van der Waals surface area contributed by atoms with Gasteiger partial charge in [-0.05, 0) is 54.8 Å². The zero-order valence-corrected chi connectivity index (χ0v) is 16.2. The largest absolute Gasteiger partial charge is 0.465 e. The van der Waals surface area contributed by atoms with Gasteiger partial charge in [0.1, 0.15) is 0 Å². The third-order valence-electron chi connectivity index (χ3n) is 4.71. The summed E-state index contributed by atoms with van der Waals surface area (Å²) in [6.07, 6.45) is 2.35. The number of ether oxygens (including phenoxy) is 1. The number of halogens is 1. The topological polar surface area (TPSA) is 59.2 Å². The monoisotopic (exact) mass is 383 g/mol. The molecule has 0 amide bonds. The maximum atomic E-state index is 13.1. The Morgan fingerprint density at radius 2 is 1.85 bits per heavy atom. The van der Waals surface area contributed by atoms with E-state index in [0.29, 0.717) is 22.7 Å². The van der Waals surface area contributed by atoms with Crippen LogP contribution in [0.3, 0.4) is 0 Å². The molecule has 3 aromatic rings. The van der Waals surface area contributed by atoms with Gasteiger partial charge in [-0.15, -0.1) is 0 Å². The summed E-state index contributed by atoms with van der Waals surface area (Å²) in [6, 6.07) is 14.6. The number of hydrogen-bond donors (Lipinski definition) is 1. The minimum absolute atomic E-state index is 0.0983. The zero-order chi connectivity index (χ0) is 19.4. The fourth-order valence-corrected chi connectivity index (χ4v) is 3.49. The average Bonchev–Trinajstić information content (AvgIpc) is 3.10. The second-order valence-electron chi connectivity index (χ2n) is 6.66. The summed E-state index contributed by atoms with van der Waals surface area (Å²) < 4.78 is 4.72. The Balaban J connectivity index is 1.81. The third kappa shape index (κ3) is 4.40. The van der Waals surface area contributed by atoms with Crippen LogP contribution in [0.4, 0.5) is 0 Å². The number of Topliss-reactive ketones (excluding diaryl/α,β-unsaturated/α-hetero) is 1. The summed E-state index contributed by atoms with van der Waals surface area (Å²) >= 11 is 6.04. The molecule has 0 radical (unpaired) electrons. The SMILES string of the molecule is CCCC(Cc1ccc(C(=O)OC)cc1)C(=O)c1cc2cc(Cl)ccc2[nH]1. The lowest BCUT2D eigenvalue weighted by atomic mass is 9.89. The lowest BCUT2D eigenvalue weighted by Gasteiger charge is -2.14. The smallest absolute Gasteiger partial charge is 0.337 e. The first kappa shape index (κ1) is 19.2. The van der Waals surface area contributed by atoms with E-state index in [1.54, 1.807) is 18.2 Å². The molecular formula is C22H22ClNO3. The Morgan fingerprint density at radius 3 is 2.52 bits per heavy atom. The molecule has 140 valence electrons. The lowest BCUT2D eigenvalue weighted by Crippen LogP contribution is -2.18. The normalized spacial score (nSPS) is 12.1. The molecule has 0 fully saturated rings. The average molecular weight is 384 g/mol. The van der Waals surface area contributed by atoms with Crippen LogP contribution in [0.15, 0.2) is 48.5 Å². The molecule has 0 aliphatic carbocycles. The molecule has 1 N–H and O–H groups in total. The number of benzene rings is 2. The molecule has 0 spiro atoms.